The van der Waals surface area contributed by atoms with Gasteiger partial charge in [0.1, 0.15) is 5.82 Å². The number of hydrogen-bond acceptors (Lipinski definition) is 4. The molecular formula is C22H23ClN4O. The van der Waals surface area contributed by atoms with Crippen LogP contribution in [0.1, 0.15) is 15.9 Å². The number of hydrogen-bond donors (Lipinski definition) is 2. The van der Waals surface area contributed by atoms with Gasteiger partial charge in [0.15, 0.2) is 0 Å². The lowest BCUT2D eigenvalue weighted by Gasteiger charge is -2.13. The average molecular weight is 395 g/mol. The third-order valence-electron chi connectivity index (χ3n) is 4.28. The van der Waals surface area contributed by atoms with Crippen LogP contribution in [0.4, 0.5) is 17.2 Å². The van der Waals surface area contributed by atoms with Crippen LogP contribution in [0, 0.1) is 0 Å². The molecule has 5 nitrogen and oxygen atoms in total. The number of amides is 1. The molecular weight excluding hydrogens is 372 g/mol. The Morgan fingerprint density at radius 1 is 1.07 bits per heavy atom. The second-order valence-electron chi connectivity index (χ2n) is 6.63. The molecule has 3 rings (SSSR count). The van der Waals surface area contributed by atoms with E-state index in [1.165, 1.54) is 0 Å². The minimum Gasteiger partial charge on any atom is -0.378 e. The molecule has 0 atom stereocenters. The number of nitrogens with zero attached hydrogens (tertiary/aromatic N) is 2. The molecule has 0 radical (unpaired) electrons. The molecule has 2 aromatic carbocycles. The summed E-state index contributed by atoms with van der Waals surface area (Å²) >= 11 is 5.99. The molecule has 0 saturated carbocycles. The third-order valence-corrected chi connectivity index (χ3v) is 4.51. The fourth-order valence-electron chi connectivity index (χ4n) is 2.71. The Morgan fingerprint density at radius 2 is 1.86 bits per heavy atom. The quantitative estimate of drug-likeness (QED) is 0.609. The fraction of sp³-hybridized carbons (Fsp3) is 0.182. The Bertz CT molecular complexity index is 924. The van der Waals surface area contributed by atoms with E-state index >= 15 is 0 Å². The number of carbonyl (C=O) groups excluding carboxylic acids is 1. The lowest BCUT2D eigenvalue weighted by atomic mass is 10.1. The molecule has 28 heavy (non-hydrogen) atoms. The Morgan fingerprint density at radius 3 is 2.50 bits per heavy atom. The van der Waals surface area contributed by atoms with Gasteiger partial charge in [-0.2, -0.15) is 0 Å². The van der Waals surface area contributed by atoms with E-state index in [1.54, 1.807) is 12.3 Å². The predicted octanol–water partition coefficient (Wildman–Crippen LogP) is 4.71. The highest BCUT2D eigenvalue weighted by Gasteiger charge is 2.07. The smallest absolute Gasteiger partial charge is 0.257 e. The van der Waals surface area contributed by atoms with E-state index in [4.69, 9.17) is 11.6 Å². The minimum absolute atomic E-state index is 0.185. The SMILES string of the molecule is CN(C)c1ccc(NC(=O)c2ccc(NCCc3cccc(Cl)c3)nc2)cc1. The third kappa shape index (κ3) is 5.47. The highest BCUT2D eigenvalue weighted by molar-refractivity contribution is 6.30. The van der Waals surface area contributed by atoms with Crippen LogP contribution in [-0.2, 0) is 6.42 Å². The van der Waals surface area contributed by atoms with Crippen LogP contribution in [-0.4, -0.2) is 31.5 Å². The van der Waals surface area contributed by atoms with Crippen molar-refractivity contribution in [3.63, 3.8) is 0 Å². The van der Waals surface area contributed by atoms with Gasteiger partial charge in [0.2, 0.25) is 0 Å². The van der Waals surface area contributed by atoms with Gasteiger partial charge >= 0.3 is 0 Å². The van der Waals surface area contributed by atoms with E-state index in [0.29, 0.717) is 5.56 Å². The summed E-state index contributed by atoms with van der Waals surface area (Å²) < 4.78 is 0. The van der Waals surface area contributed by atoms with Crippen LogP contribution in [0.2, 0.25) is 5.02 Å². The predicted molar refractivity (Wildman–Crippen MR) is 117 cm³/mol. The zero-order valence-corrected chi connectivity index (χ0v) is 16.7. The standard InChI is InChI=1S/C22H23ClN4O/c1-27(2)20-9-7-19(8-10-20)26-22(28)17-6-11-21(25-15-17)24-13-12-16-4-3-5-18(23)14-16/h3-11,14-15H,12-13H2,1-2H3,(H,24,25)(H,26,28). The maximum absolute atomic E-state index is 12.4. The van der Waals surface area contributed by atoms with E-state index in [1.807, 2.05) is 73.6 Å². The second-order valence-corrected chi connectivity index (χ2v) is 7.07. The Labute approximate surface area is 170 Å². The summed E-state index contributed by atoms with van der Waals surface area (Å²) in [6.07, 6.45) is 2.42. The van der Waals surface area contributed by atoms with Gasteiger partial charge in [0.25, 0.3) is 5.91 Å². The molecule has 144 valence electrons. The van der Waals surface area contributed by atoms with Crippen molar-refractivity contribution in [3.05, 3.63) is 83.0 Å². The summed E-state index contributed by atoms with van der Waals surface area (Å²) in [6, 6.07) is 19.0. The zero-order valence-electron chi connectivity index (χ0n) is 15.9. The minimum atomic E-state index is -0.185. The summed E-state index contributed by atoms with van der Waals surface area (Å²) in [6.45, 7) is 0.733. The average Bonchev–Trinajstić information content (AvgIpc) is 2.69. The van der Waals surface area contributed by atoms with Crippen molar-refractivity contribution in [2.45, 2.75) is 6.42 Å². The first kappa shape index (κ1) is 19.7. The van der Waals surface area contributed by atoms with Gasteiger partial charge < -0.3 is 15.5 Å². The van der Waals surface area contributed by atoms with Crippen LogP contribution in [0.25, 0.3) is 0 Å². The Kier molecular flexibility index (Phi) is 6.50. The molecule has 0 bridgehead atoms. The topological polar surface area (TPSA) is 57.3 Å². The monoisotopic (exact) mass is 394 g/mol. The normalized spacial score (nSPS) is 10.4. The number of halogens is 1. The van der Waals surface area contributed by atoms with Gasteiger partial charge in [0, 0.05) is 43.2 Å². The van der Waals surface area contributed by atoms with E-state index in [-0.39, 0.29) is 5.91 Å². The largest absolute Gasteiger partial charge is 0.378 e. The highest BCUT2D eigenvalue weighted by atomic mass is 35.5. The van der Waals surface area contributed by atoms with Crippen molar-refractivity contribution < 1.29 is 4.79 Å². The number of nitrogens with one attached hydrogen (secondary N) is 2. The first-order chi connectivity index (χ1) is 13.5. The van der Waals surface area contributed by atoms with Crippen molar-refractivity contribution in [2.75, 3.05) is 36.2 Å². The summed E-state index contributed by atoms with van der Waals surface area (Å²) in [5, 5.41) is 6.88. The van der Waals surface area contributed by atoms with Crippen molar-refractivity contribution >= 4 is 34.7 Å². The van der Waals surface area contributed by atoms with E-state index in [2.05, 4.69) is 15.6 Å². The highest BCUT2D eigenvalue weighted by Crippen LogP contribution is 2.17. The van der Waals surface area contributed by atoms with Crippen LogP contribution in [0.3, 0.4) is 0 Å². The molecule has 1 heterocycles. The van der Waals surface area contributed by atoms with E-state index in [9.17, 15) is 4.79 Å². The Hall–Kier alpha value is -3.05. The van der Waals surface area contributed by atoms with Crippen molar-refractivity contribution in [2.24, 2.45) is 0 Å². The summed E-state index contributed by atoms with van der Waals surface area (Å²) in [5.74, 6) is 0.546. The fourth-order valence-corrected chi connectivity index (χ4v) is 2.92. The molecule has 0 spiro atoms. The second kappa shape index (κ2) is 9.24. The molecule has 0 aliphatic rings. The van der Waals surface area contributed by atoms with E-state index in [0.717, 1.165) is 40.7 Å². The maximum Gasteiger partial charge on any atom is 0.257 e. The summed E-state index contributed by atoms with van der Waals surface area (Å²) in [7, 11) is 3.95. The number of aromatic nitrogens is 1. The molecule has 1 aromatic heterocycles. The van der Waals surface area contributed by atoms with Gasteiger partial charge in [-0.05, 0) is 60.5 Å². The number of benzene rings is 2. The van der Waals surface area contributed by atoms with Gasteiger partial charge in [-0.15, -0.1) is 0 Å². The van der Waals surface area contributed by atoms with Crippen molar-refractivity contribution in [3.8, 4) is 0 Å². The summed E-state index contributed by atoms with van der Waals surface area (Å²) in [5.41, 5.74) is 3.50. The number of pyridine rings is 1. The number of rotatable bonds is 7. The Balaban J connectivity index is 1.52. The lowest BCUT2D eigenvalue weighted by molar-refractivity contribution is 0.102. The molecule has 0 unspecified atom stereocenters. The van der Waals surface area contributed by atoms with Gasteiger partial charge in [-0.3, -0.25) is 4.79 Å². The summed E-state index contributed by atoms with van der Waals surface area (Å²) in [4.78, 5) is 18.7. The molecule has 1 amide bonds. The number of anilines is 3. The molecule has 0 aliphatic heterocycles. The molecule has 2 N–H and O–H groups in total. The van der Waals surface area contributed by atoms with Crippen LogP contribution < -0.4 is 15.5 Å². The first-order valence-corrected chi connectivity index (χ1v) is 9.42. The molecule has 3 aromatic rings. The maximum atomic E-state index is 12.4. The molecule has 0 aliphatic carbocycles. The molecule has 0 fully saturated rings. The lowest BCUT2D eigenvalue weighted by Crippen LogP contribution is -2.13. The van der Waals surface area contributed by atoms with Gasteiger partial charge in [-0.25, -0.2) is 4.98 Å². The van der Waals surface area contributed by atoms with Crippen LogP contribution in [0.5, 0.6) is 0 Å². The molecule has 0 saturated heterocycles. The van der Waals surface area contributed by atoms with Crippen LogP contribution >= 0.6 is 11.6 Å². The zero-order chi connectivity index (χ0) is 19.9. The first-order valence-electron chi connectivity index (χ1n) is 9.04. The van der Waals surface area contributed by atoms with Crippen LogP contribution in [0.15, 0.2) is 66.9 Å². The van der Waals surface area contributed by atoms with Crippen molar-refractivity contribution in [1.29, 1.82) is 0 Å². The van der Waals surface area contributed by atoms with Gasteiger partial charge in [0.05, 0.1) is 5.56 Å². The molecule has 6 heteroatoms. The number of carbonyl (C=O) groups is 1. The van der Waals surface area contributed by atoms with E-state index < -0.39 is 0 Å². The van der Waals surface area contributed by atoms with Crippen molar-refractivity contribution in [1.82, 2.24) is 4.98 Å². The van der Waals surface area contributed by atoms with Gasteiger partial charge in [-0.1, -0.05) is 23.7 Å².